The van der Waals surface area contributed by atoms with Crippen LogP contribution in [0.1, 0.15) is 39.5 Å². The van der Waals surface area contributed by atoms with Gasteiger partial charge in [-0.05, 0) is 37.1 Å². The van der Waals surface area contributed by atoms with Crippen LogP contribution in [0.4, 0.5) is 0 Å². The SMILES string of the molecule is O=C(c1n[nH]c2c1CCC2)N1CCCN(Cc2cccs2)CC1. The Kier molecular flexibility index (Phi) is 4.18. The average Bonchev–Trinajstić information content (AvgIpc) is 3.23. The molecule has 2 aliphatic rings. The van der Waals surface area contributed by atoms with E-state index in [-0.39, 0.29) is 5.91 Å². The Balaban J connectivity index is 1.41. The number of carbonyl (C=O) groups is 1. The van der Waals surface area contributed by atoms with E-state index in [1.54, 1.807) is 11.3 Å². The second-order valence-electron chi connectivity index (χ2n) is 6.38. The lowest BCUT2D eigenvalue weighted by molar-refractivity contribution is 0.0754. The second-order valence-corrected chi connectivity index (χ2v) is 7.42. The lowest BCUT2D eigenvalue weighted by Crippen LogP contribution is -2.35. The third-order valence-corrected chi connectivity index (χ3v) is 5.71. The quantitative estimate of drug-likeness (QED) is 0.939. The fourth-order valence-corrected chi connectivity index (χ4v) is 4.35. The summed E-state index contributed by atoms with van der Waals surface area (Å²) in [5, 5.41) is 9.48. The number of aryl methyl sites for hydroxylation is 1. The van der Waals surface area contributed by atoms with E-state index in [1.807, 2.05) is 4.90 Å². The first-order valence-electron chi connectivity index (χ1n) is 8.41. The van der Waals surface area contributed by atoms with Crippen molar-refractivity contribution in [3.63, 3.8) is 0 Å². The molecule has 0 atom stereocenters. The van der Waals surface area contributed by atoms with E-state index in [0.29, 0.717) is 5.69 Å². The number of thiophene rings is 1. The molecule has 0 radical (unpaired) electrons. The predicted octanol–water partition coefficient (Wildman–Crippen LogP) is 2.31. The van der Waals surface area contributed by atoms with Crippen molar-refractivity contribution in [1.82, 2.24) is 20.0 Å². The van der Waals surface area contributed by atoms with Crippen LogP contribution < -0.4 is 0 Å². The molecule has 1 fully saturated rings. The summed E-state index contributed by atoms with van der Waals surface area (Å²) in [5.74, 6) is 0.113. The molecule has 1 aliphatic heterocycles. The van der Waals surface area contributed by atoms with Gasteiger partial charge in [0.2, 0.25) is 0 Å². The van der Waals surface area contributed by atoms with Gasteiger partial charge in [-0.15, -0.1) is 11.3 Å². The Morgan fingerprint density at radius 3 is 3.04 bits per heavy atom. The van der Waals surface area contributed by atoms with Gasteiger partial charge in [-0.1, -0.05) is 6.07 Å². The molecule has 0 spiro atoms. The molecule has 0 aromatic carbocycles. The lowest BCUT2D eigenvalue weighted by Gasteiger charge is -2.21. The Morgan fingerprint density at radius 1 is 1.22 bits per heavy atom. The van der Waals surface area contributed by atoms with Gasteiger partial charge in [-0.25, -0.2) is 0 Å². The largest absolute Gasteiger partial charge is 0.336 e. The molecule has 0 unspecified atom stereocenters. The van der Waals surface area contributed by atoms with Crippen molar-refractivity contribution in [2.45, 2.75) is 32.2 Å². The second kappa shape index (κ2) is 6.45. The maximum atomic E-state index is 12.8. The standard InChI is InChI=1S/C17H22N4OS/c22-17(16-14-5-1-6-15(14)18-19-16)21-8-3-7-20(9-10-21)12-13-4-2-11-23-13/h2,4,11H,1,3,5-10,12H2,(H,18,19). The monoisotopic (exact) mass is 330 g/mol. The number of nitrogens with one attached hydrogen (secondary N) is 1. The van der Waals surface area contributed by atoms with Gasteiger partial charge in [0.05, 0.1) is 0 Å². The molecular formula is C17H22N4OS. The first-order chi connectivity index (χ1) is 11.3. The van der Waals surface area contributed by atoms with Crippen LogP contribution in [0, 0.1) is 0 Å². The zero-order chi connectivity index (χ0) is 15.6. The number of nitrogens with zero attached hydrogens (tertiary/aromatic N) is 3. The maximum absolute atomic E-state index is 12.8. The van der Waals surface area contributed by atoms with Crippen molar-refractivity contribution < 1.29 is 4.79 Å². The molecule has 1 saturated heterocycles. The van der Waals surface area contributed by atoms with Gasteiger partial charge < -0.3 is 4.90 Å². The van der Waals surface area contributed by atoms with Crippen LogP contribution >= 0.6 is 11.3 Å². The number of fused-ring (bicyclic) bond motifs is 1. The van der Waals surface area contributed by atoms with Gasteiger partial charge >= 0.3 is 0 Å². The molecule has 0 bridgehead atoms. The van der Waals surface area contributed by atoms with Crippen LogP contribution in [-0.4, -0.2) is 52.1 Å². The summed E-state index contributed by atoms with van der Waals surface area (Å²) in [6, 6.07) is 4.29. The summed E-state index contributed by atoms with van der Waals surface area (Å²) in [7, 11) is 0. The van der Waals surface area contributed by atoms with Gasteiger partial charge in [0.25, 0.3) is 5.91 Å². The van der Waals surface area contributed by atoms with Crippen molar-refractivity contribution in [2.24, 2.45) is 0 Å². The van der Waals surface area contributed by atoms with E-state index in [4.69, 9.17) is 0 Å². The molecular weight excluding hydrogens is 308 g/mol. The van der Waals surface area contributed by atoms with E-state index in [2.05, 4.69) is 32.6 Å². The number of aromatic amines is 1. The minimum absolute atomic E-state index is 0.113. The van der Waals surface area contributed by atoms with Crippen LogP contribution in [0.2, 0.25) is 0 Å². The minimum atomic E-state index is 0.113. The van der Waals surface area contributed by atoms with Crippen LogP contribution in [0.25, 0.3) is 0 Å². The first-order valence-corrected chi connectivity index (χ1v) is 9.29. The molecule has 1 amide bonds. The van der Waals surface area contributed by atoms with Gasteiger partial charge in [-0.2, -0.15) is 5.10 Å². The van der Waals surface area contributed by atoms with Gasteiger partial charge in [0.1, 0.15) is 0 Å². The van der Waals surface area contributed by atoms with Crippen molar-refractivity contribution in [1.29, 1.82) is 0 Å². The predicted molar refractivity (Wildman–Crippen MR) is 90.7 cm³/mol. The minimum Gasteiger partial charge on any atom is -0.336 e. The molecule has 6 heteroatoms. The average molecular weight is 330 g/mol. The van der Waals surface area contributed by atoms with E-state index in [9.17, 15) is 4.79 Å². The van der Waals surface area contributed by atoms with Crippen LogP contribution in [0.5, 0.6) is 0 Å². The third kappa shape index (κ3) is 3.05. The highest BCUT2D eigenvalue weighted by Gasteiger charge is 2.27. The Morgan fingerprint density at radius 2 is 2.17 bits per heavy atom. The highest BCUT2D eigenvalue weighted by molar-refractivity contribution is 7.09. The topological polar surface area (TPSA) is 52.2 Å². The zero-order valence-electron chi connectivity index (χ0n) is 13.3. The summed E-state index contributed by atoms with van der Waals surface area (Å²) in [6.07, 6.45) is 4.19. The van der Waals surface area contributed by atoms with Gasteiger partial charge in [0.15, 0.2) is 5.69 Å². The Bertz CT molecular complexity index is 679. The summed E-state index contributed by atoms with van der Waals surface area (Å²) >= 11 is 1.81. The highest BCUT2D eigenvalue weighted by Crippen LogP contribution is 2.24. The summed E-state index contributed by atoms with van der Waals surface area (Å²) < 4.78 is 0. The lowest BCUT2D eigenvalue weighted by atomic mass is 10.2. The fourth-order valence-electron chi connectivity index (χ4n) is 3.60. The van der Waals surface area contributed by atoms with E-state index >= 15 is 0 Å². The summed E-state index contributed by atoms with van der Waals surface area (Å²) in [4.78, 5) is 18.7. The van der Waals surface area contributed by atoms with Gasteiger partial charge in [0, 0.05) is 48.9 Å². The number of hydrogen-bond acceptors (Lipinski definition) is 4. The van der Waals surface area contributed by atoms with Gasteiger partial charge in [-0.3, -0.25) is 14.8 Å². The van der Waals surface area contributed by atoms with Crippen molar-refractivity contribution in [2.75, 3.05) is 26.2 Å². The molecule has 5 nitrogen and oxygen atoms in total. The molecule has 0 saturated carbocycles. The molecule has 1 N–H and O–H groups in total. The number of hydrogen-bond donors (Lipinski definition) is 1. The summed E-state index contributed by atoms with van der Waals surface area (Å²) in [5.41, 5.74) is 3.00. The Hall–Kier alpha value is -1.66. The highest BCUT2D eigenvalue weighted by atomic mass is 32.1. The van der Waals surface area contributed by atoms with Crippen molar-refractivity contribution >= 4 is 17.2 Å². The molecule has 3 heterocycles. The van der Waals surface area contributed by atoms with Crippen LogP contribution in [-0.2, 0) is 19.4 Å². The van der Waals surface area contributed by atoms with Crippen molar-refractivity contribution in [3.8, 4) is 0 Å². The van der Waals surface area contributed by atoms with E-state index in [1.165, 1.54) is 10.6 Å². The van der Waals surface area contributed by atoms with Crippen LogP contribution in [0.3, 0.4) is 0 Å². The molecule has 2 aromatic heterocycles. The number of aromatic nitrogens is 2. The third-order valence-electron chi connectivity index (χ3n) is 4.84. The molecule has 4 rings (SSSR count). The molecule has 122 valence electrons. The zero-order valence-corrected chi connectivity index (χ0v) is 14.1. The molecule has 23 heavy (non-hydrogen) atoms. The number of amides is 1. The first kappa shape index (κ1) is 14.9. The fraction of sp³-hybridized carbons (Fsp3) is 0.529. The molecule has 1 aliphatic carbocycles. The number of H-pyrrole nitrogens is 1. The van der Waals surface area contributed by atoms with Crippen molar-refractivity contribution in [3.05, 3.63) is 39.3 Å². The smallest absolute Gasteiger partial charge is 0.274 e. The summed E-state index contributed by atoms with van der Waals surface area (Å²) in [6.45, 7) is 4.63. The normalized spacial score (nSPS) is 18.9. The molecule has 2 aromatic rings. The maximum Gasteiger partial charge on any atom is 0.274 e. The van der Waals surface area contributed by atoms with E-state index in [0.717, 1.165) is 64.0 Å². The van der Waals surface area contributed by atoms with E-state index < -0.39 is 0 Å². The van der Waals surface area contributed by atoms with Crippen LogP contribution in [0.15, 0.2) is 17.5 Å². The Labute approximate surface area is 140 Å². The number of rotatable bonds is 3. The number of carbonyl (C=O) groups excluding carboxylic acids is 1.